The van der Waals surface area contributed by atoms with Crippen molar-refractivity contribution in [2.75, 3.05) is 5.43 Å². The van der Waals surface area contributed by atoms with Crippen LogP contribution in [0.3, 0.4) is 0 Å². The van der Waals surface area contributed by atoms with Crippen LogP contribution in [0.4, 0.5) is 11.4 Å². The molecule has 0 radical (unpaired) electrons. The number of thiocarbonyl (C=S) groups is 1. The number of nitro groups is 1. The van der Waals surface area contributed by atoms with Crippen LogP contribution in [-0.4, -0.2) is 15.9 Å². The van der Waals surface area contributed by atoms with Crippen molar-refractivity contribution >= 4 is 34.6 Å². The summed E-state index contributed by atoms with van der Waals surface area (Å²) < 4.78 is 0. The van der Waals surface area contributed by atoms with Crippen molar-refractivity contribution in [3.63, 3.8) is 0 Å². The molecule has 0 saturated heterocycles. The molecule has 0 fully saturated rings. The van der Waals surface area contributed by atoms with Crippen molar-refractivity contribution in [2.45, 2.75) is 13.3 Å². The molecule has 8 heteroatoms. The maximum atomic E-state index is 12.0. The molecule has 0 aliphatic heterocycles. The molecule has 0 bridgehead atoms. The number of carbonyl (C=O) groups is 1. The maximum absolute atomic E-state index is 12.0. The lowest BCUT2D eigenvalue weighted by Crippen LogP contribution is -2.41. The molecule has 1 amide bonds. The summed E-state index contributed by atoms with van der Waals surface area (Å²) >= 11 is 5.03. The third-order valence-electron chi connectivity index (χ3n) is 3.25. The monoisotopic (exact) mass is 344 g/mol. The Morgan fingerprint density at radius 3 is 2.29 bits per heavy atom. The Labute approximate surface area is 144 Å². The molecule has 2 rings (SSSR count). The number of hydrogen-bond donors (Lipinski definition) is 3. The molecule has 24 heavy (non-hydrogen) atoms. The van der Waals surface area contributed by atoms with Gasteiger partial charge in [0.25, 0.3) is 11.6 Å². The molecule has 0 aliphatic carbocycles. The number of benzene rings is 2. The first-order valence-electron chi connectivity index (χ1n) is 7.20. The van der Waals surface area contributed by atoms with E-state index >= 15 is 0 Å². The van der Waals surface area contributed by atoms with Crippen LogP contribution in [0, 0.1) is 10.1 Å². The first kappa shape index (κ1) is 17.4. The highest BCUT2D eigenvalue weighted by Gasteiger charge is 2.08. The minimum atomic E-state index is -0.480. The molecule has 0 unspecified atom stereocenters. The van der Waals surface area contributed by atoms with Crippen molar-refractivity contribution in [1.29, 1.82) is 0 Å². The second kappa shape index (κ2) is 8.02. The van der Waals surface area contributed by atoms with Gasteiger partial charge in [-0.1, -0.05) is 19.1 Å². The van der Waals surface area contributed by atoms with Crippen LogP contribution in [-0.2, 0) is 6.42 Å². The van der Waals surface area contributed by atoms with Gasteiger partial charge in [-0.3, -0.25) is 31.1 Å². The number of nitro benzene ring substituents is 1. The van der Waals surface area contributed by atoms with Gasteiger partial charge in [0, 0.05) is 17.7 Å². The summed E-state index contributed by atoms with van der Waals surface area (Å²) in [7, 11) is 0. The zero-order valence-electron chi connectivity index (χ0n) is 12.9. The summed E-state index contributed by atoms with van der Waals surface area (Å²) in [5.74, 6) is -0.319. The largest absolute Gasteiger partial charge is 0.299 e. The van der Waals surface area contributed by atoms with Crippen molar-refractivity contribution in [3.8, 4) is 0 Å². The van der Waals surface area contributed by atoms with E-state index < -0.39 is 4.92 Å². The van der Waals surface area contributed by atoms with Crippen LogP contribution in [0.15, 0.2) is 48.5 Å². The van der Waals surface area contributed by atoms with E-state index in [1.165, 1.54) is 24.3 Å². The lowest BCUT2D eigenvalue weighted by atomic mass is 10.1. The van der Waals surface area contributed by atoms with E-state index in [0.29, 0.717) is 11.3 Å². The molecule has 2 aromatic rings. The lowest BCUT2D eigenvalue weighted by Gasteiger charge is -2.11. The molecule has 0 heterocycles. The van der Waals surface area contributed by atoms with Crippen LogP contribution in [0.25, 0.3) is 0 Å². The molecular weight excluding hydrogens is 328 g/mol. The number of rotatable bonds is 5. The Bertz CT molecular complexity index is 745. The van der Waals surface area contributed by atoms with E-state index in [1.54, 1.807) is 12.1 Å². The quantitative estimate of drug-likeness (QED) is 0.438. The summed E-state index contributed by atoms with van der Waals surface area (Å²) in [6.07, 6.45) is 0.904. The normalized spacial score (nSPS) is 9.88. The van der Waals surface area contributed by atoms with E-state index in [-0.39, 0.29) is 16.7 Å². The van der Waals surface area contributed by atoms with Gasteiger partial charge in [-0.2, -0.15) is 0 Å². The number of carbonyl (C=O) groups excluding carboxylic acids is 1. The number of nitrogens with zero attached hydrogens (tertiary/aromatic N) is 1. The minimum absolute atomic E-state index is 0.00745. The van der Waals surface area contributed by atoms with Gasteiger partial charge < -0.3 is 0 Å². The molecule has 0 atom stereocenters. The molecule has 7 nitrogen and oxygen atoms in total. The Morgan fingerprint density at radius 1 is 1.12 bits per heavy atom. The molecule has 0 aromatic heterocycles. The van der Waals surface area contributed by atoms with Gasteiger partial charge in [0.15, 0.2) is 5.11 Å². The van der Waals surface area contributed by atoms with E-state index in [9.17, 15) is 14.9 Å². The fraction of sp³-hybridized carbons (Fsp3) is 0.125. The topological polar surface area (TPSA) is 96.3 Å². The van der Waals surface area contributed by atoms with E-state index in [4.69, 9.17) is 12.2 Å². The molecule has 2 aromatic carbocycles. The van der Waals surface area contributed by atoms with E-state index in [2.05, 4.69) is 16.2 Å². The fourth-order valence-corrected chi connectivity index (χ4v) is 2.04. The van der Waals surface area contributed by atoms with Gasteiger partial charge in [-0.25, -0.2) is 0 Å². The van der Waals surface area contributed by atoms with E-state index in [0.717, 1.165) is 12.0 Å². The molecule has 124 valence electrons. The second-order valence-corrected chi connectivity index (χ2v) is 5.30. The molecule has 0 saturated carbocycles. The number of hydrogen-bond acceptors (Lipinski definition) is 5. The molecule has 0 aliphatic rings. The highest BCUT2D eigenvalue weighted by atomic mass is 32.1. The van der Waals surface area contributed by atoms with Gasteiger partial charge in [0.1, 0.15) is 0 Å². The lowest BCUT2D eigenvalue weighted by molar-refractivity contribution is -0.384. The highest BCUT2D eigenvalue weighted by Crippen LogP contribution is 2.14. The third-order valence-corrected chi connectivity index (χ3v) is 3.45. The standard InChI is InChI=1S/C16H16N4O3S/c1-2-11-3-5-12(6-4-11)15(21)17-16(24)19-18-13-7-9-14(10-8-13)20(22)23/h3-10,18H,2H2,1H3,(H2,17,19,21,24). The Balaban J connectivity index is 1.85. The second-order valence-electron chi connectivity index (χ2n) is 4.89. The van der Waals surface area contributed by atoms with Gasteiger partial charge in [-0.15, -0.1) is 0 Å². The van der Waals surface area contributed by atoms with Gasteiger partial charge >= 0.3 is 0 Å². The fourth-order valence-electron chi connectivity index (χ4n) is 1.89. The van der Waals surface area contributed by atoms with Crippen molar-refractivity contribution in [1.82, 2.24) is 10.7 Å². The average Bonchev–Trinajstić information content (AvgIpc) is 2.60. The predicted molar refractivity (Wildman–Crippen MR) is 95.7 cm³/mol. The molecule has 3 N–H and O–H groups in total. The summed E-state index contributed by atoms with van der Waals surface area (Å²) in [5.41, 5.74) is 7.63. The van der Waals surface area contributed by atoms with Crippen LogP contribution >= 0.6 is 12.2 Å². The Morgan fingerprint density at radius 2 is 1.75 bits per heavy atom. The van der Waals surface area contributed by atoms with Crippen molar-refractivity contribution in [3.05, 3.63) is 69.8 Å². The number of non-ortho nitro benzene ring substituents is 1. The Hall–Kier alpha value is -3.00. The van der Waals surface area contributed by atoms with Crippen LogP contribution < -0.4 is 16.2 Å². The zero-order chi connectivity index (χ0) is 17.5. The number of nitrogens with one attached hydrogen (secondary N) is 3. The number of amides is 1. The van der Waals surface area contributed by atoms with Crippen LogP contribution in [0.1, 0.15) is 22.8 Å². The Kier molecular flexibility index (Phi) is 5.80. The summed E-state index contributed by atoms with van der Waals surface area (Å²) in [6.45, 7) is 2.04. The predicted octanol–water partition coefficient (Wildman–Crippen LogP) is 2.79. The van der Waals surface area contributed by atoms with Gasteiger partial charge in [0.2, 0.25) is 0 Å². The summed E-state index contributed by atoms with van der Waals surface area (Å²) in [6, 6.07) is 13.0. The first-order chi connectivity index (χ1) is 11.5. The molecular formula is C16H16N4O3S. The summed E-state index contributed by atoms with van der Waals surface area (Å²) in [4.78, 5) is 22.1. The summed E-state index contributed by atoms with van der Waals surface area (Å²) in [5, 5.41) is 13.2. The number of hydrazine groups is 1. The number of anilines is 1. The van der Waals surface area contributed by atoms with Gasteiger partial charge in [0.05, 0.1) is 10.6 Å². The minimum Gasteiger partial charge on any atom is -0.299 e. The van der Waals surface area contributed by atoms with Crippen LogP contribution in [0.5, 0.6) is 0 Å². The zero-order valence-corrected chi connectivity index (χ0v) is 13.7. The van der Waals surface area contributed by atoms with Gasteiger partial charge in [-0.05, 0) is 48.5 Å². The smallest absolute Gasteiger partial charge is 0.269 e. The SMILES string of the molecule is CCc1ccc(C(=O)NC(=S)NNc2ccc([N+](=O)[O-])cc2)cc1. The third kappa shape index (κ3) is 4.75. The first-order valence-corrected chi connectivity index (χ1v) is 7.61. The van der Waals surface area contributed by atoms with Crippen molar-refractivity contribution in [2.24, 2.45) is 0 Å². The number of aryl methyl sites for hydroxylation is 1. The molecule has 0 spiro atoms. The average molecular weight is 344 g/mol. The highest BCUT2D eigenvalue weighted by molar-refractivity contribution is 7.80. The maximum Gasteiger partial charge on any atom is 0.269 e. The van der Waals surface area contributed by atoms with Crippen molar-refractivity contribution < 1.29 is 9.72 Å². The van der Waals surface area contributed by atoms with E-state index in [1.807, 2.05) is 19.1 Å². The van der Waals surface area contributed by atoms with Crippen LogP contribution in [0.2, 0.25) is 0 Å².